The molecular weight excluding hydrogens is 394 g/mol. The summed E-state index contributed by atoms with van der Waals surface area (Å²) in [5.74, 6) is 1.25. The van der Waals surface area contributed by atoms with Crippen molar-refractivity contribution in [3.05, 3.63) is 77.1 Å². The van der Waals surface area contributed by atoms with E-state index in [-0.39, 0.29) is 11.7 Å². The molecule has 2 aromatic heterocycles. The van der Waals surface area contributed by atoms with Crippen LogP contribution in [0.3, 0.4) is 0 Å². The number of amides is 1. The molecule has 0 radical (unpaired) electrons. The fourth-order valence-corrected chi connectivity index (χ4v) is 4.10. The lowest BCUT2D eigenvalue weighted by molar-refractivity contribution is -0.113. The van der Waals surface area contributed by atoms with Crippen LogP contribution < -0.4 is 5.32 Å². The normalized spacial score (nSPS) is 11.1. The van der Waals surface area contributed by atoms with Crippen LogP contribution in [0.2, 0.25) is 5.02 Å². The highest BCUT2D eigenvalue weighted by Gasteiger charge is 2.13. The van der Waals surface area contributed by atoms with E-state index in [0.717, 1.165) is 26.4 Å². The smallest absolute Gasteiger partial charge is 0.235 e. The number of thioether (sulfide) groups is 1. The van der Waals surface area contributed by atoms with Gasteiger partial charge in [0.15, 0.2) is 5.82 Å². The second kappa shape index (κ2) is 8.12. The Labute approximate surface area is 171 Å². The summed E-state index contributed by atoms with van der Waals surface area (Å²) in [6, 6.07) is 17.7. The van der Waals surface area contributed by atoms with E-state index in [0.29, 0.717) is 18.1 Å². The summed E-state index contributed by atoms with van der Waals surface area (Å²) in [7, 11) is 0. The zero-order valence-electron chi connectivity index (χ0n) is 15.2. The molecule has 5 nitrogen and oxygen atoms in total. The lowest BCUT2D eigenvalue weighted by Gasteiger charge is -2.07. The number of rotatable bonds is 6. The first-order chi connectivity index (χ1) is 13.6. The number of carbonyl (C=O) groups excluding carboxylic acids is 1. The Morgan fingerprint density at radius 3 is 2.79 bits per heavy atom. The first-order valence-corrected chi connectivity index (χ1v) is 10.1. The van der Waals surface area contributed by atoms with Crippen LogP contribution in [0.15, 0.2) is 70.2 Å². The minimum atomic E-state index is -0.124. The van der Waals surface area contributed by atoms with E-state index in [9.17, 15) is 4.79 Å². The topological polar surface area (TPSA) is 60.1 Å². The molecule has 4 aromatic rings. The number of aryl methyl sites for hydroxylation is 1. The number of anilines is 1. The van der Waals surface area contributed by atoms with Gasteiger partial charge in [0.25, 0.3) is 0 Å². The van der Waals surface area contributed by atoms with Crippen molar-refractivity contribution in [2.45, 2.75) is 18.4 Å². The van der Waals surface area contributed by atoms with Gasteiger partial charge >= 0.3 is 0 Å². The third-order valence-corrected chi connectivity index (χ3v) is 5.72. The van der Waals surface area contributed by atoms with Crippen molar-refractivity contribution in [1.29, 1.82) is 0 Å². The van der Waals surface area contributed by atoms with E-state index >= 15 is 0 Å². The maximum absolute atomic E-state index is 12.2. The molecule has 0 unspecified atom stereocenters. The van der Waals surface area contributed by atoms with Gasteiger partial charge in [0.05, 0.1) is 5.75 Å². The third kappa shape index (κ3) is 4.08. The highest BCUT2D eigenvalue weighted by Crippen LogP contribution is 2.31. The summed E-state index contributed by atoms with van der Waals surface area (Å²) in [6.07, 6.45) is 2.08. The molecule has 2 heterocycles. The van der Waals surface area contributed by atoms with Gasteiger partial charge in [-0.3, -0.25) is 4.79 Å². The van der Waals surface area contributed by atoms with Crippen molar-refractivity contribution in [1.82, 2.24) is 9.72 Å². The molecule has 0 aliphatic heterocycles. The second-order valence-corrected chi connectivity index (χ2v) is 7.81. The molecule has 0 aliphatic carbocycles. The van der Waals surface area contributed by atoms with Crippen molar-refractivity contribution >= 4 is 46.0 Å². The van der Waals surface area contributed by atoms with Crippen molar-refractivity contribution in [2.75, 3.05) is 11.1 Å². The monoisotopic (exact) mass is 411 g/mol. The average Bonchev–Trinajstić information content (AvgIpc) is 3.25. The van der Waals surface area contributed by atoms with E-state index in [1.54, 1.807) is 13.0 Å². The van der Waals surface area contributed by atoms with Crippen LogP contribution in [-0.4, -0.2) is 21.4 Å². The van der Waals surface area contributed by atoms with Crippen LogP contribution in [0, 0.1) is 6.92 Å². The molecule has 0 aliphatic rings. The Bertz CT molecular complexity index is 1140. The van der Waals surface area contributed by atoms with Gasteiger partial charge in [-0.05, 0) is 24.6 Å². The van der Waals surface area contributed by atoms with Gasteiger partial charge in [-0.15, -0.1) is 11.8 Å². The number of halogens is 1. The van der Waals surface area contributed by atoms with Gasteiger partial charge in [0.2, 0.25) is 5.91 Å². The molecule has 4 rings (SSSR count). The molecule has 0 saturated heterocycles. The third-order valence-electron chi connectivity index (χ3n) is 4.30. The summed E-state index contributed by atoms with van der Waals surface area (Å²) in [5, 5.41) is 8.40. The quantitative estimate of drug-likeness (QED) is 0.433. The van der Waals surface area contributed by atoms with Gasteiger partial charge in [-0.2, -0.15) is 0 Å². The summed E-state index contributed by atoms with van der Waals surface area (Å²) in [4.78, 5) is 13.3. The number of para-hydroxylation sites is 1. The number of benzene rings is 2. The number of hydrogen-bond acceptors (Lipinski definition) is 4. The minimum absolute atomic E-state index is 0.124. The van der Waals surface area contributed by atoms with Crippen LogP contribution in [0.25, 0.3) is 10.9 Å². The molecule has 0 saturated carbocycles. The van der Waals surface area contributed by atoms with Crippen molar-refractivity contribution in [2.24, 2.45) is 0 Å². The van der Waals surface area contributed by atoms with E-state index in [1.807, 2.05) is 36.4 Å². The summed E-state index contributed by atoms with van der Waals surface area (Å²) in [6.45, 7) is 2.45. The molecule has 0 spiro atoms. The van der Waals surface area contributed by atoms with Crippen LogP contribution in [0.4, 0.5) is 5.82 Å². The minimum Gasteiger partial charge on any atom is -0.360 e. The molecule has 2 aromatic carbocycles. The lowest BCUT2D eigenvalue weighted by atomic mass is 10.2. The van der Waals surface area contributed by atoms with Crippen LogP contribution >= 0.6 is 23.4 Å². The van der Waals surface area contributed by atoms with Crippen LogP contribution in [0.5, 0.6) is 0 Å². The second-order valence-electron chi connectivity index (χ2n) is 6.39. The van der Waals surface area contributed by atoms with Crippen LogP contribution in [0.1, 0.15) is 11.3 Å². The fourth-order valence-electron chi connectivity index (χ4n) is 3.02. The highest BCUT2D eigenvalue weighted by atomic mass is 35.5. The standard InChI is InChI=1S/C21H18ClN3O2S/c1-14-10-20(24-27-14)23-21(26)13-28-19-12-25(18-9-5-3-7-16(18)19)11-15-6-2-4-8-17(15)22/h2-10,12H,11,13H2,1H3,(H,23,24,26). The summed E-state index contributed by atoms with van der Waals surface area (Å²) >= 11 is 7.82. The Morgan fingerprint density at radius 2 is 2.00 bits per heavy atom. The SMILES string of the molecule is Cc1cc(NC(=O)CSc2cn(Cc3ccccc3Cl)c3ccccc23)no1. The molecular formula is C21H18ClN3O2S. The van der Waals surface area contributed by atoms with E-state index in [1.165, 1.54) is 11.8 Å². The largest absolute Gasteiger partial charge is 0.360 e. The molecule has 1 N–H and O–H groups in total. The van der Waals surface area contributed by atoms with Gasteiger partial charge < -0.3 is 14.4 Å². The number of nitrogens with zero attached hydrogens (tertiary/aromatic N) is 2. The average molecular weight is 412 g/mol. The van der Waals surface area contributed by atoms with E-state index < -0.39 is 0 Å². The number of nitrogens with one attached hydrogen (secondary N) is 1. The number of aromatic nitrogens is 2. The molecule has 0 fully saturated rings. The zero-order chi connectivity index (χ0) is 19.5. The first-order valence-electron chi connectivity index (χ1n) is 8.77. The Morgan fingerprint density at radius 1 is 1.21 bits per heavy atom. The predicted molar refractivity (Wildman–Crippen MR) is 113 cm³/mol. The molecule has 28 heavy (non-hydrogen) atoms. The van der Waals surface area contributed by atoms with Gasteiger partial charge in [-0.25, -0.2) is 0 Å². The molecule has 0 bridgehead atoms. The van der Waals surface area contributed by atoms with Crippen molar-refractivity contribution in [3.63, 3.8) is 0 Å². The first kappa shape index (κ1) is 18.7. The number of hydrogen-bond donors (Lipinski definition) is 1. The van der Waals surface area contributed by atoms with Crippen LogP contribution in [-0.2, 0) is 11.3 Å². The molecule has 142 valence electrons. The Kier molecular flexibility index (Phi) is 5.41. The number of fused-ring (bicyclic) bond motifs is 1. The Balaban J connectivity index is 1.52. The van der Waals surface area contributed by atoms with Gasteiger partial charge in [0.1, 0.15) is 5.76 Å². The highest BCUT2D eigenvalue weighted by molar-refractivity contribution is 8.00. The lowest BCUT2D eigenvalue weighted by Crippen LogP contribution is -2.14. The summed E-state index contributed by atoms with van der Waals surface area (Å²) < 4.78 is 7.13. The van der Waals surface area contributed by atoms with E-state index in [4.69, 9.17) is 16.1 Å². The fraction of sp³-hybridized carbons (Fsp3) is 0.143. The van der Waals surface area contributed by atoms with Gasteiger partial charge in [-0.1, -0.05) is 53.2 Å². The van der Waals surface area contributed by atoms with Crippen molar-refractivity contribution in [3.8, 4) is 0 Å². The van der Waals surface area contributed by atoms with Gasteiger partial charge in [0, 0.05) is 39.6 Å². The maximum atomic E-state index is 12.2. The predicted octanol–water partition coefficient (Wildman–Crippen LogP) is 5.37. The van der Waals surface area contributed by atoms with Crippen molar-refractivity contribution < 1.29 is 9.32 Å². The molecule has 1 amide bonds. The summed E-state index contributed by atoms with van der Waals surface area (Å²) in [5.41, 5.74) is 2.16. The Hall–Kier alpha value is -2.70. The number of carbonyl (C=O) groups is 1. The zero-order valence-corrected chi connectivity index (χ0v) is 16.8. The molecule has 7 heteroatoms. The molecule has 0 atom stereocenters. The maximum Gasteiger partial charge on any atom is 0.235 e. The van der Waals surface area contributed by atoms with E-state index in [2.05, 4.69) is 33.4 Å².